The van der Waals surface area contributed by atoms with Crippen LogP contribution < -0.4 is 10.0 Å². The van der Waals surface area contributed by atoms with Gasteiger partial charge in [-0.15, -0.1) is 0 Å². The molecule has 3 N–H and O–H groups in total. The third-order valence-electron chi connectivity index (χ3n) is 4.33. The monoisotopic (exact) mass is 477 g/mol. The predicted octanol–water partition coefficient (Wildman–Crippen LogP) is 3.34. The molecule has 1 heterocycles. The Hall–Kier alpha value is -2.11. The maximum Gasteiger partial charge on any atom is 0.241 e. The van der Waals surface area contributed by atoms with E-state index in [1.165, 1.54) is 0 Å². The van der Waals surface area contributed by atoms with Gasteiger partial charge in [0.05, 0.1) is 18.9 Å². The maximum absolute atomic E-state index is 13.8. The van der Waals surface area contributed by atoms with Gasteiger partial charge in [-0.05, 0) is 36.0 Å². The van der Waals surface area contributed by atoms with Crippen LogP contribution in [0.4, 0.5) is 20.7 Å². The third kappa shape index (κ3) is 7.82. The summed E-state index contributed by atoms with van der Waals surface area (Å²) in [6.45, 7) is 5.53. The van der Waals surface area contributed by atoms with Gasteiger partial charge in [0.1, 0.15) is 22.5 Å². The summed E-state index contributed by atoms with van der Waals surface area (Å²) < 4.78 is 53.1. The molecule has 0 fully saturated rings. The van der Waals surface area contributed by atoms with Crippen molar-refractivity contribution in [3.8, 4) is 0 Å². The van der Waals surface area contributed by atoms with Gasteiger partial charge in [0.25, 0.3) is 0 Å². The van der Waals surface area contributed by atoms with E-state index in [0.717, 1.165) is 18.4 Å². The van der Waals surface area contributed by atoms with Crippen LogP contribution in [0.2, 0.25) is 5.02 Å². The fourth-order valence-corrected chi connectivity index (χ4v) is 3.50. The minimum Gasteiger partial charge on any atom is -0.394 e. The fraction of sp³-hybridized carbons (Fsp3) is 0.526. The van der Waals surface area contributed by atoms with E-state index in [1.807, 2.05) is 13.8 Å². The summed E-state index contributed by atoms with van der Waals surface area (Å²) in [6, 6.07) is 1.92. The Balaban J connectivity index is 2.35. The summed E-state index contributed by atoms with van der Waals surface area (Å²) in [7, 11) is -3.65. The number of hydrogen-bond acceptors (Lipinski definition) is 7. The second-order valence-electron chi connectivity index (χ2n) is 7.83. The summed E-state index contributed by atoms with van der Waals surface area (Å²) in [5, 5.41) is 12.0. The lowest BCUT2D eigenvalue weighted by molar-refractivity contribution is 0.259. The SMILES string of the molecule is CC(C)CC(CO)Nc1nc(CC(C)c2cc(F)c(Cl)c(F)c2)nc(NS(C)(=O)=O)n1. The minimum absolute atomic E-state index is 0.0801. The van der Waals surface area contributed by atoms with E-state index in [1.54, 1.807) is 6.92 Å². The van der Waals surface area contributed by atoms with Crippen LogP contribution in [0.3, 0.4) is 0 Å². The molecular weight excluding hydrogens is 452 g/mol. The van der Waals surface area contributed by atoms with Crippen molar-refractivity contribution in [3.05, 3.63) is 40.2 Å². The lowest BCUT2D eigenvalue weighted by atomic mass is 9.97. The molecule has 2 unspecified atom stereocenters. The van der Waals surface area contributed by atoms with E-state index < -0.39 is 32.6 Å². The summed E-state index contributed by atoms with van der Waals surface area (Å²) >= 11 is 5.54. The van der Waals surface area contributed by atoms with Gasteiger partial charge in [0.2, 0.25) is 21.9 Å². The Morgan fingerprint density at radius 2 is 1.68 bits per heavy atom. The summed E-state index contributed by atoms with van der Waals surface area (Å²) in [5.74, 6) is -1.79. The molecule has 8 nitrogen and oxygen atoms in total. The van der Waals surface area contributed by atoms with Gasteiger partial charge < -0.3 is 10.4 Å². The number of rotatable bonds is 10. The predicted molar refractivity (Wildman–Crippen MR) is 116 cm³/mol. The van der Waals surface area contributed by atoms with Crippen molar-refractivity contribution in [3.63, 3.8) is 0 Å². The first kappa shape index (κ1) is 25.2. The van der Waals surface area contributed by atoms with Crippen LogP contribution >= 0.6 is 11.6 Å². The normalized spacial score (nSPS) is 13.8. The molecule has 0 aliphatic rings. The number of aliphatic hydroxyl groups excluding tert-OH is 1. The number of aromatic nitrogens is 3. The number of hydrogen-bond donors (Lipinski definition) is 3. The first-order valence-corrected chi connectivity index (χ1v) is 11.9. The van der Waals surface area contributed by atoms with Crippen LogP contribution in [-0.4, -0.2) is 47.4 Å². The molecule has 0 saturated carbocycles. The Morgan fingerprint density at radius 3 is 2.19 bits per heavy atom. The van der Waals surface area contributed by atoms with Crippen LogP contribution in [-0.2, 0) is 16.4 Å². The van der Waals surface area contributed by atoms with Crippen molar-refractivity contribution in [1.29, 1.82) is 0 Å². The smallest absolute Gasteiger partial charge is 0.241 e. The number of halogens is 3. The Kier molecular flexibility index (Phi) is 8.49. The van der Waals surface area contributed by atoms with Gasteiger partial charge in [-0.2, -0.15) is 15.0 Å². The molecule has 0 aliphatic heterocycles. The number of benzene rings is 1. The highest BCUT2D eigenvalue weighted by Crippen LogP contribution is 2.27. The molecule has 0 aliphatic carbocycles. The van der Waals surface area contributed by atoms with Gasteiger partial charge in [0, 0.05) is 6.42 Å². The maximum atomic E-state index is 13.8. The molecule has 0 bridgehead atoms. The number of nitrogens with one attached hydrogen (secondary N) is 2. The zero-order valence-electron chi connectivity index (χ0n) is 17.7. The molecule has 0 amide bonds. The zero-order chi connectivity index (χ0) is 23.3. The number of aliphatic hydroxyl groups is 1. The average molecular weight is 478 g/mol. The molecule has 31 heavy (non-hydrogen) atoms. The zero-order valence-corrected chi connectivity index (χ0v) is 19.2. The molecule has 2 aromatic rings. The van der Waals surface area contributed by atoms with E-state index in [9.17, 15) is 22.3 Å². The lowest BCUT2D eigenvalue weighted by Crippen LogP contribution is -2.27. The van der Waals surface area contributed by atoms with E-state index in [2.05, 4.69) is 25.0 Å². The summed E-state index contributed by atoms with van der Waals surface area (Å²) in [6.07, 6.45) is 1.73. The van der Waals surface area contributed by atoms with Crippen LogP contribution in [0, 0.1) is 17.6 Å². The quantitative estimate of drug-likeness (QED) is 0.449. The van der Waals surface area contributed by atoms with Crippen LogP contribution in [0.5, 0.6) is 0 Å². The minimum atomic E-state index is -3.65. The third-order valence-corrected chi connectivity index (χ3v) is 5.25. The van der Waals surface area contributed by atoms with Gasteiger partial charge in [-0.25, -0.2) is 17.2 Å². The lowest BCUT2D eigenvalue weighted by Gasteiger charge is -2.19. The van der Waals surface area contributed by atoms with Crippen molar-refractivity contribution in [1.82, 2.24) is 15.0 Å². The molecule has 0 saturated heterocycles. The highest BCUT2D eigenvalue weighted by atomic mass is 35.5. The second kappa shape index (κ2) is 10.5. The van der Waals surface area contributed by atoms with E-state index in [0.29, 0.717) is 12.0 Å². The molecule has 172 valence electrons. The van der Waals surface area contributed by atoms with Crippen molar-refractivity contribution in [2.45, 2.75) is 45.6 Å². The van der Waals surface area contributed by atoms with E-state index >= 15 is 0 Å². The van der Waals surface area contributed by atoms with Crippen LogP contribution in [0.15, 0.2) is 12.1 Å². The topological polar surface area (TPSA) is 117 Å². The summed E-state index contributed by atoms with van der Waals surface area (Å²) in [5.41, 5.74) is 0.347. The Bertz CT molecular complexity index is 1000. The molecule has 12 heteroatoms. The molecule has 2 rings (SSSR count). The standard InChI is InChI=1S/C19H26ClF2N5O3S/c1-10(2)5-13(9-28)23-18-24-16(25-19(26-18)27-31(4,29)30)6-11(3)12-7-14(21)17(20)15(22)8-12/h7-8,10-11,13,28H,5-6,9H2,1-4H3,(H2,23,24,25,26,27). The van der Waals surface area contributed by atoms with E-state index in [4.69, 9.17) is 11.6 Å². The molecule has 1 aromatic heterocycles. The van der Waals surface area contributed by atoms with Crippen LogP contribution in [0.25, 0.3) is 0 Å². The van der Waals surface area contributed by atoms with Crippen molar-refractivity contribution >= 4 is 33.5 Å². The first-order chi connectivity index (χ1) is 14.4. The highest BCUT2D eigenvalue weighted by molar-refractivity contribution is 7.91. The number of nitrogens with zero attached hydrogens (tertiary/aromatic N) is 3. The van der Waals surface area contributed by atoms with Crippen molar-refractivity contribution < 1.29 is 22.3 Å². The highest BCUT2D eigenvalue weighted by Gasteiger charge is 2.18. The fourth-order valence-electron chi connectivity index (χ4n) is 2.97. The van der Waals surface area contributed by atoms with E-state index in [-0.39, 0.29) is 42.7 Å². The van der Waals surface area contributed by atoms with Gasteiger partial charge >= 0.3 is 0 Å². The largest absolute Gasteiger partial charge is 0.394 e. The van der Waals surface area contributed by atoms with Crippen LogP contribution in [0.1, 0.15) is 44.5 Å². The van der Waals surface area contributed by atoms with Gasteiger partial charge in [-0.3, -0.25) is 4.72 Å². The average Bonchev–Trinajstić information content (AvgIpc) is 2.63. The Labute approximate surface area is 185 Å². The number of anilines is 2. The molecule has 2 atom stereocenters. The van der Waals surface area contributed by atoms with Gasteiger partial charge in [0.15, 0.2) is 0 Å². The molecular formula is C19H26ClF2N5O3S. The first-order valence-electron chi connectivity index (χ1n) is 9.62. The number of sulfonamides is 1. The van der Waals surface area contributed by atoms with Gasteiger partial charge in [-0.1, -0.05) is 32.4 Å². The van der Waals surface area contributed by atoms with Crippen molar-refractivity contribution in [2.24, 2.45) is 5.92 Å². The molecule has 0 spiro atoms. The molecule has 1 aromatic carbocycles. The molecule has 0 radical (unpaired) electrons. The second-order valence-corrected chi connectivity index (χ2v) is 9.96. The summed E-state index contributed by atoms with van der Waals surface area (Å²) in [4.78, 5) is 12.5. The Morgan fingerprint density at radius 1 is 1.10 bits per heavy atom. The van der Waals surface area contributed by atoms with Crippen molar-refractivity contribution in [2.75, 3.05) is 22.9 Å².